The van der Waals surface area contributed by atoms with Crippen LogP contribution in [0.4, 0.5) is 5.69 Å². The molecule has 0 spiro atoms. The number of rotatable bonds is 6. The quantitative estimate of drug-likeness (QED) is 0.771. The third-order valence-electron chi connectivity index (χ3n) is 2.67. The maximum Gasteiger partial charge on any atom is 0.310 e. The van der Waals surface area contributed by atoms with Gasteiger partial charge in [0.25, 0.3) is 0 Å². The summed E-state index contributed by atoms with van der Waals surface area (Å²) in [5, 5.41) is 3.20. The summed E-state index contributed by atoms with van der Waals surface area (Å²) in [5.74, 6) is 0.451. The molecule has 0 saturated carbocycles. The molecule has 4 heteroatoms. The molecule has 4 nitrogen and oxygen atoms in total. The predicted octanol–water partition coefficient (Wildman–Crippen LogP) is 2.31. The Balaban J connectivity index is 2.62. The zero-order chi connectivity index (χ0) is 12.7. The van der Waals surface area contributed by atoms with Crippen molar-refractivity contribution in [3.8, 4) is 5.75 Å². The summed E-state index contributed by atoms with van der Waals surface area (Å²) >= 11 is 0. The van der Waals surface area contributed by atoms with Crippen LogP contribution < -0.4 is 10.1 Å². The van der Waals surface area contributed by atoms with Crippen LogP contribution in [0.15, 0.2) is 24.3 Å². The van der Waals surface area contributed by atoms with E-state index in [1.807, 2.05) is 31.2 Å². The van der Waals surface area contributed by atoms with Crippen molar-refractivity contribution < 1.29 is 14.3 Å². The number of anilines is 1. The number of nitrogens with one attached hydrogen (secondary N) is 1. The van der Waals surface area contributed by atoms with Gasteiger partial charge >= 0.3 is 5.97 Å². The number of para-hydroxylation sites is 2. The topological polar surface area (TPSA) is 47.6 Å². The third-order valence-corrected chi connectivity index (χ3v) is 2.67. The van der Waals surface area contributed by atoms with E-state index >= 15 is 0 Å². The van der Waals surface area contributed by atoms with Crippen molar-refractivity contribution >= 4 is 11.7 Å². The monoisotopic (exact) mass is 237 g/mol. The Kier molecular flexibility index (Phi) is 5.33. The first-order valence-corrected chi connectivity index (χ1v) is 5.67. The second-order valence-electron chi connectivity index (χ2n) is 3.71. The molecule has 1 aromatic carbocycles. The van der Waals surface area contributed by atoms with Crippen LogP contribution in [0.5, 0.6) is 5.75 Å². The molecule has 0 fully saturated rings. The van der Waals surface area contributed by atoms with Crippen LogP contribution in [0.2, 0.25) is 0 Å². The normalized spacial score (nSPS) is 11.7. The number of methoxy groups -OCH3 is 2. The molecule has 0 aliphatic rings. The summed E-state index contributed by atoms with van der Waals surface area (Å²) in [6.45, 7) is 2.51. The number of hydrogen-bond donors (Lipinski definition) is 1. The van der Waals surface area contributed by atoms with E-state index in [2.05, 4.69) is 5.32 Å². The van der Waals surface area contributed by atoms with Crippen LogP contribution in [0, 0.1) is 5.92 Å². The van der Waals surface area contributed by atoms with E-state index in [1.54, 1.807) is 7.11 Å². The molecule has 1 rings (SSSR count). The Hall–Kier alpha value is -1.71. The lowest BCUT2D eigenvalue weighted by molar-refractivity contribution is -0.145. The Morgan fingerprint density at radius 1 is 1.35 bits per heavy atom. The number of ether oxygens (including phenoxy) is 2. The van der Waals surface area contributed by atoms with Gasteiger partial charge in [0.2, 0.25) is 0 Å². The van der Waals surface area contributed by atoms with Gasteiger partial charge in [-0.1, -0.05) is 19.1 Å². The summed E-state index contributed by atoms with van der Waals surface area (Å²) in [5.41, 5.74) is 0.886. The van der Waals surface area contributed by atoms with Crippen molar-refractivity contribution in [3.05, 3.63) is 24.3 Å². The molecule has 0 aromatic heterocycles. The zero-order valence-corrected chi connectivity index (χ0v) is 10.5. The fraction of sp³-hybridized carbons (Fsp3) is 0.462. The lowest BCUT2D eigenvalue weighted by Crippen LogP contribution is -2.23. The molecule has 0 amide bonds. The SMILES string of the molecule is CCC(CNc1ccccc1OC)C(=O)OC. The van der Waals surface area contributed by atoms with Crippen molar-refractivity contribution in [1.82, 2.24) is 0 Å². The van der Waals surface area contributed by atoms with E-state index in [4.69, 9.17) is 9.47 Å². The molecule has 1 N–H and O–H groups in total. The van der Waals surface area contributed by atoms with Gasteiger partial charge in [-0.15, -0.1) is 0 Å². The standard InChI is InChI=1S/C13H19NO3/c1-4-10(13(15)17-3)9-14-11-7-5-6-8-12(11)16-2/h5-8,10,14H,4,9H2,1-3H3. The first-order valence-electron chi connectivity index (χ1n) is 5.67. The Morgan fingerprint density at radius 2 is 2.06 bits per heavy atom. The van der Waals surface area contributed by atoms with E-state index in [-0.39, 0.29) is 11.9 Å². The minimum atomic E-state index is -0.185. The summed E-state index contributed by atoms with van der Waals surface area (Å²) in [7, 11) is 3.03. The Morgan fingerprint density at radius 3 is 2.65 bits per heavy atom. The maximum absolute atomic E-state index is 11.4. The first kappa shape index (κ1) is 13.4. The van der Waals surface area contributed by atoms with E-state index < -0.39 is 0 Å². The smallest absolute Gasteiger partial charge is 0.310 e. The largest absolute Gasteiger partial charge is 0.495 e. The van der Waals surface area contributed by atoms with Crippen LogP contribution >= 0.6 is 0 Å². The first-order chi connectivity index (χ1) is 8.22. The highest BCUT2D eigenvalue weighted by Gasteiger charge is 2.16. The highest BCUT2D eigenvalue weighted by atomic mass is 16.5. The average molecular weight is 237 g/mol. The molecule has 1 unspecified atom stereocenters. The van der Waals surface area contributed by atoms with Crippen LogP contribution in [-0.2, 0) is 9.53 Å². The lowest BCUT2D eigenvalue weighted by atomic mass is 10.1. The van der Waals surface area contributed by atoms with E-state index in [9.17, 15) is 4.79 Å². The van der Waals surface area contributed by atoms with Gasteiger partial charge in [0.1, 0.15) is 5.75 Å². The molecule has 17 heavy (non-hydrogen) atoms. The van der Waals surface area contributed by atoms with Gasteiger partial charge in [0.15, 0.2) is 0 Å². The summed E-state index contributed by atoms with van der Waals surface area (Å²) in [6, 6.07) is 7.62. The van der Waals surface area contributed by atoms with Crippen molar-refractivity contribution in [3.63, 3.8) is 0 Å². The van der Waals surface area contributed by atoms with E-state index in [0.717, 1.165) is 17.9 Å². The molecule has 1 aromatic rings. The van der Waals surface area contributed by atoms with E-state index in [0.29, 0.717) is 6.54 Å². The van der Waals surface area contributed by atoms with E-state index in [1.165, 1.54) is 7.11 Å². The molecule has 0 heterocycles. The maximum atomic E-state index is 11.4. The lowest BCUT2D eigenvalue weighted by Gasteiger charge is -2.15. The number of carbonyl (C=O) groups is 1. The molecule has 0 radical (unpaired) electrons. The summed E-state index contributed by atoms with van der Waals surface area (Å²) in [4.78, 5) is 11.4. The van der Waals surface area contributed by atoms with Crippen molar-refractivity contribution in [2.24, 2.45) is 5.92 Å². The van der Waals surface area contributed by atoms with Crippen LogP contribution in [0.3, 0.4) is 0 Å². The van der Waals surface area contributed by atoms with Crippen LogP contribution in [0.25, 0.3) is 0 Å². The van der Waals surface area contributed by atoms with Crippen molar-refractivity contribution in [1.29, 1.82) is 0 Å². The minimum absolute atomic E-state index is 0.134. The van der Waals surface area contributed by atoms with Gasteiger partial charge in [-0.3, -0.25) is 4.79 Å². The number of benzene rings is 1. The second-order valence-corrected chi connectivity index (χ2v) is 3.71. The Labute approximate surface area is 102 Å². The number of hydrogen-bond acceptors (Lipinski definition) is 4. The molecule has 0 saturated heterocycles. The molecule has 0 aliphatic heterocycles. The molecular formula is C13H19NO3. The van der Waals surface area contributed by atoms with Gasteiger partial charge in [-0.05, 0) is 18.6 Å². The van der Waals surface area contributed by atoms with Crippen LogP contribution in [0.1, 0.15) is 13.3 Å². The zero-order valence-electron chi connectivity index (χ0n) is 10.5. The summed E-state index contributed by atoms with van der Waals surface area (Å²) < 4.78 is 9.96. The second kappa shape index (κ2) is 6.78. The number of carbonyl (C=O) groups excluding carboxylic acids is 1. The molecule has 0 aliphatic carbocycles. The van der Waals surface area contributed by atoms with Gasteiger partial charge in [-0.25, -0.2) is 0 Å². The molecular weight excluding hydrogens is 218 g/mol. The highest BCUT2D eigenvalue weighted by molar-refractivity contribution is 5.73. The summed E-state index contributed by atoms with van der Waals surface area (Å²) in [6.07, 6.45) is 0.745. The van der Waals surface area contributed by atoms with Crippen LogP contribution in [-0.4, -0.2) is 26.7 Å². The van der Waals surface area contributed by atoms with Gasteiger partial charge in [0.05, 0.1) is 25.8 Å². The van der Waals surface area contributed by atoms with Gasteiger partial charge < -0.3 is 14.8 Å². The predicted molar refractivity (Wildman–Crippen MR) is 67.3 cm³/mol. The molecule has 1 atom stereocenters. The third kappa shape index (κ3) is 3.66. The molecule has 0 bridgehead atoms. The van der Waals surface area contributed by atoms with Crippen molar-refractivity contribution in [2.45, 2.75) is 13.3 Å². The highest BCUT2D eigenvalue weighted by Crippen LogP contribution is 2.23. The average Bonchev–Trinajstić information content (AvgIpc) is 2.39. The number of esters is 1. The Bertz CT molecular complexity index is 365. The van der Waals surface area contributed by atoms with Crippen molar-refractivity contribution in [2.75, 3.05) is 26.1 Å². The van der Waals surface area contributed by atoms with Gasteiger partial charge in [0, 0.05) is 6.54 Å². The fourth-order valence-electron chi connectivity index (χ4n) is 1.58. The van der Waals surface area contributed by atoms with Gasteiger partial charge in [-0.2, -0.15) is 0 Å². The fourth-order valence-corrected chi connectivity index (χ4v) is 1.58. The molecule has 94 valence electrons. The minimum Gasteiger partial charge on any atom is -0.495 e.